The van der Waals surface area contributed by atoms with Gasteiger partial charge in [-0.15, -0.1) is 0 Å². The SMILES string of the molecule is O=C1CN(C(=O)c2ccccc2I)Cc2ccccc2N1. The fourth-order valence-electron chi connectivity index (χ4n) is 2.35. The number of hydrogen-bond acceptors (Lipinski definition) is 2. The van der Waals surface area contributed by atoms with Crippen LogP contribution in [-0.2, 0) is 11.3 Å². The Kier molecular flexibility index (Phi) is 3.92. The van der Waals surface area contributed by atoms with Crippen molar-refractivity contribution >= 4 is 40.1 Å². The number of anilines is 1. The smallest absolute Gasteiger partial charge is 0.255 e. The fourth-order valence-corrected chi connectivity index (χ4v) is 2.97. The fraction of sp³-hybridized carbons (Fsp3) is 0.125. The molecule has 0 fully saturated rings. The Balaban J connectivity index is 1.94. The van der Waals surface area contributed by atoms with Gasteiger partial charge >= 0.3 is 0 Å². The number of fused-ring (bicyclic) bond motifs is 1. The van der Waals surface area contributed by atoms with Crippen molar-refractivity contribution < 1.29 is 9.59 Å². The Bertz CT molecular complexity index is 715. The van der Waals surface area contributed by atoms with E-state index in [-0.39, 0.29) is 18.4 Å². The van der Waals surface area contributed by atoms with Crippen LogP contribution in [-0.4, -0.2) is 23.3 Å². The zero-order valence-electron chi connectivity index (χ0n) is 11.2. The number of benzene rings is 2. The molecule has 2 amide bonds. The number of amides is 2. The number of nitrogens with zero attached hydrogens (tertiary/aromatic N) is 1. The third-order valence-corrected chi connectivity index (χ3v) is 4.32. The van der Waals surface area contributed by atoms with Crippen LogP contribution in [0.15, 0.2) is 48.5 Å². The lowest BCUT2D eigenvalue weighted by atomic mass is 10.1. The summed E-state index contributed by atoms with van der Waals surface area (Å²) >= 11 is 2.14. The molecular formula is C16H13IN2O2. The van der Waals surface area contributed by atoms with E-state index in [4.69, 9.17) is 0 Å². The van der Waals surface area contributed by atoms with Gasteiger partial charge in [-0.2, -0.15) is 0 Å². The molecule has 2 aromatic rings. The first kappa shape index (κ1) is 14.1. The number of carbonyl (C=O) groups excluding carboxylic acids is 2. The van der Waals surface area contributed by atoms with Crippen LogP contribution in [0.1, 0.15) is 15.9 Å². The Morgan fingerprint density at radius 2 is 1.76 bits per heavy atom. The zero-order chi connectivity index (χ0) is 14.8. The first-order valence-electron chi connectivity index (χ1n) is 6.57. The monoisotopic (exact) mass is 392 g/mol. The summed E-state index contributed by atoms with van der Waals surface area (Å²) in [5, 5.41) is 2.84. The third kappa shape index (κ3) is 2.92. The maximum Gasteiger partial charge on any atom is 0.255 e. The van der Waals surface area contributed by atoms with Gasteiger partial charge in [0.25, 0.3) is 5.91 Å². The van der Waals surface area contributed by atoms with Crippen LogP contribution in [0.5, 0.6) is 0 Å². The first-order chi connectivity index (χ1) is 10.1. The quantitative estimate of drug-likeness (QED) is 0.759. The summed E-state index contributed by atoms with van der Waals surface area (Å²) in [6.07, 6.45) is 0. The maximum absolute atomic E-state index is 12.7. The molecule has 21 heavy (non-hydrogen) atoms. The van der Waals surface area contributed by atoms with Crippen molar-refractivity contribution in [3.8, 4) is 0 Å². The summed E-state index contributed by atoms with van der Waals surface area (Å²) in [6.45, 7) is 0.497. The molecule has 4 nitrogen and oxygen atoms in total. The molecule has 106 valence electrons. The first-order valence-corrected chi connectivity index (χ1v) is 7.64. The van der Waals surface area contributed by atoms with E-state index in [0.29, 0.717) is 12.1 Å². The molecule has 0 bridgehead atoms. The van der Waals surface area contributed by atoms with Gasteiger partial charge in [0, 0.05) is 15.8 Å². The minimum absolute atomic E-state index is 0.0679. The van der Waals surface area contributed by atoms with Gasteiger partial charge in [-0.05, 0) is 46.4 Å². The predicted octanol–water partition coefficient (Wildman–Crippen LogP) is 2.89. The minimum atomic E-state index is -0.167. The van der Waals surface area contributed by atoms with E-state index in [9.17, 15) is 9.59 Å². The van der Waals surface area contributed by atoms with Crippen molar-refractivity contribution in [2.75, 3.05) is 11.9 Å². The molecule has 0 saturated carbocycles. The van der Waals surface area contributed by atoms with Crippen molar-refractivity contribution in [1.82, 2.24) is 4.90 Å². The Hall–Kier alpha value is -1.89. The number of hydrogen-bond donors (Lipinski definition) is 1. The summed E-state index contributed by atoms with van der Waals surface area (Å²) in [5.41, 5.74) is 2.36. The number of carbonyl (C=O) groups is 2. The molecule has 0 radical (unpaired) electrons. The van der Waals surface area contributed by atoms with Crippen LogP contribution in [0.3, 0.4) is 0 Å². The molecule has 0 saturated heterocycles. The van der Waals surface area contributed by atoms with Crippen LogP contribution in [0, 0.1) is 3.57 Å². The highest BCUT2D eigenvalue weighted by Crippen LogP contribution is 2.22. The Morgan fingerprint density at radius 3 is 2.57 bits per heavy atom. The summed E-state index contributed by atoms with van der Waals surface area (Å²) in [7, 11) is 0. The summed E-state index contributed by atoms with van der Waals surface area (Å²) in [4.78, 5) is 26.2. The molecule has 0 atom stereocenters. The second-order valence-electron chi connectivity index (χ2n) is 4.85. The topological polar surface area (TPSA) is 49.4 Å². The average Bonchev–Trinajstić information content (AvgIpc) is 2.65. The van der Waals surface area contributed by atoms with Gasteiger partial charge in [0.2, 0.25) is 5.91 Å². The minimum Gasteiger partial charge on any atom is -0.325 e. The summed E-state index contributed by atoms with van der Waals surface area (Å²) in [6, 6.07) is 15.0. The summed E-state index contributed by atoms with van der Waals surface area (Å²) < 4.78 is 0.887. The highest BCUT2D eigenvalue weighted by molar-refractivity contribution is 14.1. The van der Waals surface area contributed by atoms with Crippen LogP contribution >= 0.6 is 22.6 Å². The third-order valence-electron chi connectivity index (χ3n) is 3.38. The Labute approximate surface area is 136 Å². The highest BCUT2D eigenvalue weighted by Gasteiger charge is 2.24. The van der Waals surface area contributed by atoms with E-state index in [1.165, 1.54) is 0 Å². The number of nitrogens with one attached hydrogen (secondary N) is 1. The lowest BCUT2D eigenvalue weighted by molar-refractivity contribution is -0.116. The van der Waals surface area contributed by atoms with E-state index in [2.05, 4.69) is 27.9 Å². The van der Waals surface area contributed by atoms with Crippen molar-refractivity contribution in [3.63, 3.8) is 0 Å². The lowest BCUT2D eigenvalue weighted by Crippen LogP contribution is -2.35. The zero-order valence-corrected chi connectivity index (χ0v) is 13.3. The normalized spacial score (nSPS) is 14.1. The van der Waals surface area contributed by atoms with E-state index in [1.807, 2.05) is 42.5 Å². The molecule has 1 aliphatic heterocycles. The second-order valence-corrected chi connectivity index (χ2v) is 6.01. The molecule has 0 unspecified atom stereocenters. The molecular weight excluding hydrogens is 379 g/mol. The second kappa shape index (κ2) is 5.85. The van der Waals surface area contributed by atoms with Crippen molar-refractivity contribution in [2.45, 2.75) is 6.54 Å². The van der Waals surface area contributed by atoms with Crippen molar-refractivity contribution in [1.29, 1.82) is 0 Å². The molecule has 0 aliphatic carbocycles. The lowest BCUT2D eigenvalue weighted by Gasteiger charge is -2.20. The maximum atomic E-state index is 12.7. The molecule has 1 heterocycles. The van der Waals surface area contributed by atoms with Crippen molar-refractivity contribution in [2.24, 2.45) is 0 Å². The standard InChI is InChI=1S/C16H13IN2O2/c17-13-7-3-2-6-12(13)16(21)19-9-11-5-1-4-8-14(11)18-15(20)10-19/h1-8H,9-10H2,(H,18,20). The van der Waals surface area contributed by atoms with Gasteiger partial charge in [0.15, 0.2) is 0 Å². The van der Waals surface area contributed by atoms with Gasteiger partial charge in [-0.1, -0.05) is 30.3 Å². The molecule has 3 rings (SSSR count). The molecule has 0 spiro atoms. The van der Waals surface area contributed by atoms with Gasteiger partial charge in [0.1, 0.15) is 6.54 Å². The average molecular weight is 392 g/mol. The largest absolute Gasteiger partial charge is 0.325 e. The number of rotatable bonds is 1. The molecule has 0 aromatic heterocycles. The molecule has 1 aliphatic rings. The van der Waals surface area contributed by atoms with Gasteiger partial charge in [-0.25, -0.2) is 0 Å². The van der Waals surface area contributed by atoms with Crippen molar-refractivity contribution in [3.05, 3.63) is 63.2 Å². The summed E-state index contributed by atoms with van der Waals surface area (Å²) in [5.74, 6) is -0.286. The van der Waals surface area contributed by atoms with E-state index < -0.39 is 0 Å². The number of halogens is 1. The van der Waals surface area contributed by atoms with E-state index >= 15 is 0 Å². The van der Waals surface area contributed by atoms with Crippen LogP contribution in [0.4, 0.5) is 5.69 Å². The van der Waals surface area contributed by atoms with Gasteiger partial charge in [-0.3, -0.25) is 9.59 Å². The van der Waals surface area contributed by atoms with Crippen LogP contribution in [0.2, 0.25) is 0 Å². The van der Waals surface area contributed by atoms with E-state index in [0.717, 1.165) is 14.8 Å². The molecule has 5 heteroatoms. The van der Waals surface area contributed by atoms with Gasteiger partial charge in [0.05, 0.1) is 5.56 Å². The highest BCUT2D eigenvalue weighted by atomic mass is 127. The van der Waals surface area contributed by atoms with Gasteiger partial charge < -0.3 is 10.2 Å². The molecule has 1 N–H and O–H groups in total. The van der Waals surface area contributed by atoms with E-state index in [1.54, 1.807) is 11.0 Å². The molecule has 2 aromatic carbocycles. The predicted molar refractivity (Wildman–Crippen MR) is 89.0 cm³/mol. The van der Waals surface area contributed by atoms with Crippen LogP contribution < -0.4 is 5.32 Å². The number of para-hydroxylation sites is 1. The van der Waals surface area contributed by atoms with Crippen LogP contribution in [0.25, 0.3) is 0 Å². The Morgan fingerprint density at radius 1 is 1.05 bits per heavy atom.